The van der Waals surface area contributed by atoms with Crippen molar-refractivity contribution in [2.24, 2.45) is 5.92 Å². The van der Waals surface area contributed by atoms with E-state index in [1.807, 2.05) is 0 Å². The van der Waals surface area contributed by atoms with Crippen molar-refractivity contribution >= 4 is 12.0 Å². The Labute approximate surface area is 119 Å². The van der Waals surface area contributed by atoms with Gasteiger partial charge in [-0.15, -0.1) is 0 Å². The molecule has 0 heterocycles. The fraction of sp³-hybridized carbons (Fsp3) is 0.714. The van der Waals surface area contributed by atoms with Gasteiger partial charge in [-0.1, -0.05) is 12.2 Å². The number of ether oxygens (including phenoxy) is 1. The molecule has 0 fully saturated rings. The largest absolute Gasteiger partial charge is 0.480 e. The van der Waals surface area contributed by atoms with Crippen molar-refractivity contribution in [3.05, 3.63) is 12.2 Å². The van der Waals surface area contributed by atoms with E-state index in [0.29, 0.717) is 31.9 Å². The molecule has 0 aromatic carbocycles. The number of hydrogen-bond donors (Lipinski definition) is 3. The van der Waals surface area contributed by atoms with Gasteiger partial charge in [0.2, 0.25) is 0 Å². The van der Waals surface area contributed by atoms with Gasteiger partial charge < -0.3 is 20.5 Å². The number of aliphatic carboxylic acids is 1. The predicted octanol–water partition coefficient (Wildman–Crippen LogP) is 1.52. The molecule has 2 unspecified atom stereocenters. The van der Waals surface area contributed by atoms with Crippen molar-refractivity contribution in [3.63, 3.8) is 0 Å². The van der Waals surface area contributed by atoms with Crippen LogP contribution in [0, 0.1) is 5.92 Å². The van der Waals surface area contributed by atoms with E-state index in [0.717, 1.165) is 19.3 Å². The standard InChI is InChI=1S/C14H24N2O4/c1-20-9-5-8-12(13(17)18)16-14(19)15-10-11-6-3-2-4-7-11/h2-3,11-12H,4-10H2,1H3,(H,17,18)(H2,15,16,19). The van der Waals surface area contributed by atoms with E-state index < -0.39 is 18.0 Å². The third-order valence-electron chi connectivity index (χ3n) is 3.37. The van der Waals surface area contributed by atoms with Crippen molar-refractivity contribution in [3.8, 4) is 0 Å². The van der Waals surface area contributed by atoms with E-state index in [4.69, 9.17) is 9.84 Å². The second-order valence-electron chi connectivity index (χ2n) is 5.03. The number of hydrogen-bond acceptors (Lipinski definition) is 3. The van der Waals surface area contributed by atoms with Gasteiger partial charge in [0.25, 0.3) is 0 Å². The van der Waals surface area contributed by atoms with Gasteiger partial charge in [-0.2, -0.15) is 0 Å². The fourth-order valence-electron chi connectivity index (χ4n) is 2.18. The molecule has 1 aliphatic carbocycles. The van der Waals surface area contributed by atoms with Gasteiger partial charge in [0.1, 0.15) is 6.04 Å². The van der Waals surface area contributed by atoms with Crippen LogP contribution in [-0.2, 0) is 9.53 Å². The number of rotatable bonds is 8. The Morgan fingerprint density at radius 1 is 1.45 bits per heavy atom. The smallest absolute Gasteiger partial charge is 0.326 e. The molecule has 0 spiro atoms. The molecule has 0 bridgehead atoms. The summed E-state index contributed by atoms with van der Waals surface area (Å²) in [5, 5.41) is 14.3. The van der Waals surface area contributed by atoms with Gasteiger partial charge in [-0.25, -0.2) is 9.59 Å². The molecule has 0 aliphatic heterocycles. The van der Waals surface area contributed by atoms with Gasteiger partial charge in [0.15, 0.2) is 0 Å². The van der Waals surface area contributed by atoms with Gasteiger partial charge in [-0.05, 0) is 38.0 Å². The van der Waals surface area contributed by atoms with Crippen molar-refractivity contribution in [1.29, 1.82) is 0 Å². The summed E-state index contributed by atoms with van der Waals surface area (Å²) in [7, 11) is 1.56. The lowest BCUT2D eigenvalue weighted by molar-refractivity contribution is -0.139. The monoisotopic (exact) mass is 284 g/mol. The van der Waals surface area contributed by atoms with E-state index >= 15 is 0 Å². The number of carbonyl (C=O) groups is 2. The van der Waals surface area contributed by atoms with Crippen molar-refractivity contribution in [1.82, 2.24) is 10.6 Å². The number of nitrogens with one attached hydrogen (secondary N) is 2. The van der Waals surface area contributed by atoms with Crippen LogP contribution >= 0.6 is 0 Å². The van der Waals surface area contributed by atoms with Gasteiger partial charge in [-0.3, -0.25) is 0 Å². The molecule has 0 radical (unpaired) electrons. The lowest BCUT2D eigenvalue weighted by Gasteiger charge is -2.20. The van der Waals surface area contributed by atoms with Crippen LogP contribution in [0.15, 0.2) is 12.2 Å². The van der Waals surface area contributed by atoms with Crippen LogP contribution in [0.4, 0.5) is 4.79 Å². The summed E-state index contributed by atoms with van der Waals surface area (Å²) >= 11 is 0. The summed E-state index contributed by atoms with van der Waals surface area (Å²) in [4.78, 5) is 22.7. The van der Waals surface area contributed by atoms with E-state index in [2.05, 4.69) is 22.8 Å². The quantitative estimate of drug-likeness (QED) is 0.466. The third-order valence-corrected chi connectivity index (χ3v) is 3.37. The molecular formula is C14H24N2O4. The summed E-state index contributed by atoms with van der Waals surface area (Å²) in [6.45, 7) is 1.07. The topological polar surface area (TPSA) is 87.7 Å². The SMILES string of the molecule is COCCCC(NC(=O)NCC1CC=CCC1)C(=O)O. The summed E-state index contributed by atoms with van der Waals surface area (Å²) in [5.41, 5.74) is 0. The molecule has 0 saturated carbocycles. The molecule has 1 aliphatic rings. The molecule has 6 heteroatoms. The number of urea groups is 1. The fourth-order valence-corrected chi connectivity index (χ4v) is 2.18. The highest BCUT2D eigenvalue weighted by atomic mass is 16.5. The maximum absolute atomic E-state index is 11.7. The molecule has 2 atom stereocenters. The predicted molar refractivity (Wildman–Crippen MR) is 75.5 cm³/mol. The van der Waals surface area contributed by atoms with E-state index in [-0.39, 0.29) is 0 Å². The highest BCUT2D eigenvalue weighted by molar-refractivity contribution is 5.82. The highest BCUT2D eigenvalue weighted by Gasteiger charge is 2.20. The van der Waals surface area contributed by atoms with Crippen LogP contribution in [0.5, 0.6) is 0 Å². The van der Waals surface area contributed by atoms with E-state index in [1.165, 1.54) is 0 Å². The second kappa shape index (κ2) is 9.36. The van der Waals surface area contributed by atoms with Gasteiger partial charge in [0.05, 0.1) is 0 Å². The first kappa shape index (κ1) is 16.5. The summed E-state index contributed by atoms with van der Waals surface area (Å²) in [6, 6.07) is -1.28. The molecule has 1 rings (SSSR count). The number of carboxylic acid groups (broad SMARTS) is 1. The average Bonchev–Trinajstić information content (AvgIpc) is 2.45. The summed E-state index contributed by atoms with van der Waals surface area (Å²) < 4.78 is 4.88. The van der Waals surface area contributed by atoms with Crippen LogP contribution in [0.25, 0.3) is 0 Å². The molecular weight excluding hydrogens is 260 g/mol. The van der Waals surface area contributed by atoms with Crippen molar-refractivity contribution in [2.75, 3.05) is 20.3 Å². The minimum atomic E-state index is -1.02. The summed E-state index contributed by atoms with van der Waals surface area (Å²) in [5.74, 6) is -0.570. The van der Waals surface area contributed by atoms with Crippen LogP contribution < -0.4 is 10.6 Å². The number of carboxylic acids is 1. The molecule has 2 amide bonds. The molecule has 20 heavy (non-hydrogen) atoms. The summed E-state index contributed by atoms with van der Waals surface area (Å²) in [6.07, 6.45) is 8.31. The van der Waals surface area contributed by atoms with E-state index in [9.17, 15) is 9.59 Å². The zero-order valence-corrected chi connectivity index (χ0v) is 11.9. The highest BCUT2D eigenvalue weighted by Crippen LogP contribution is 2.16. The lowest BCUT2D eigenvalue weighted by Crippen LogP contribution is -2.47. The Bertz CT molecular complexity index is 344. The molecule has 0 saturated heterocycles. The lowest BCUT2D eigenvalue weighted by atomic mass is 9.94. The molecule has 0 aromatic heterocycles. The molecule has 3 N–H and O–H groups in total. The number of carbonyl (C=O) groups excluding carboxylic acids is 1. The minimum absolute atomic E-state index is 0.364. The molecule has 114 valence electrons. The molecule has 0 aromatic rings. The Balaban J connectivity index is 2.26. The van der Waals surface area contributed by atoms with Crippen LogP contribution in [-0.4, -0.2) is 43.4 Å². The Hall–Kier alpha value is -1.56. The van der Waals surface area contributed by atoms with Crippen LogP contribution in [0.3, 0.4) is 0 Å². The second-order valence-corrected chi connectivity index (χ2v) is 5.03. The number of amides is 2. The normalized spacial score (nSPS) is 19.4. The van der Waals surface area contributed by atoms with Crippen LogP contribution in [0.1, 0.15) is 32.1 Å². The van der Waals surface area contributed by atoms with E-state index in [1.54, 1.807) is 7.11 Å². The first-order valence-electron chi connectivity index (χ1n) is 7.04. The Morgan fingerprint density at radius 3 is 2.85 bits per heavy atom. The number of allylic oxidation sites excluding steroid dienone is 2. The Morgan fingerprint density at radius 2 is 2.25 bits per heavy atom. The van der Waals surface area contributed by atoms with Crippen molar-refractivity contribution in [2.45, 2.75) is 38.1 Å². The van der Waals surface area contributed by atoms with Gasteiger partial charge in [0, 0.05) is 20.3 Å². The zero-order chi connectivity index (χ0) is 14.8. The Kier molecular flexibility index (Phi) is 7.72. The van der Waals surface area contributed by atoms with Gasteiger partial charge >= 0.3 is 12.0 Å². The average molecular weight is 284 g/mol. The first-order chi connectivity index (χ1) is 9.63. The van der Waals surface area contributed by atoms with Crippen LogP contribution in [0.2, 0.25) is 0 Å². The molecule has 6 nitrogen and oxygen atoms in total. The zero-order valence-electron chi connectivity index (χ0n) is 11.9. The minimum Gasteiger partial charge on any atom is -0.480 e. The van der Waals surface area contributed by atoms with Crippen molar-refractivity contribution < 1.29 is 19.4 Å². The maximum atomic E-state index is 11.7. The third kappa shape index (κ3) is 6.56. The number of methoxy groups -OCH3 is 1. The first-order valence-corrected chi connectivity index (χ1v) is 7.04. The maximum Gasteiger partial charge on any atom is 0.326 e.